The lowest BCUT2D eigenvalue weighted by Crippen LogP contribution is -2.10. The van der Waals surface area contributed by atoms with Gasteiger partial charge < -0.3 is 9.73 Å². The molecule has 0 radical (unpaired) electrons. The highest BCUT2D eigenvalue weighted by Crippen LogP contribution is 2.31. The van der Waals surface area contributed by atoms with Crippen LogP contribution in [0.25, 0.3) is 21.0 Å². The number of nitrogens with zero attached hydrogens (tertiary/aromatic N) is 2. The van der Waals surface area contributed by atoms with Crippen molar-refractivity contribution in [3.8, 4) is 10.8 Å². The number of thiazole rings is 1. The van der Waals surface area contributed by atoms with Crippen molar-refractivity contribution in [3.63, 3.8) is 0 Å². The van der Waals surface area contributed by atoms with Crippen LogP contribution in [0.5, 0.6) is 0 Å². The second-order valence-electron chi connectivity index (χ2n) is 5.41. The third-order valence-electron chi connectivity index (χ3n) is 3.65. The van der Waals surface area contributed by atoms with Crippen LogP contribution in [-0.4, -0.2) is 15.8 Å². The number of para-hydroxylation sites is 1. The van der Waals surface area contributed by atoms with Gasteiger partial charge in [0, 0.05) is 17.8 Å². The molecule has 0 fully saturated rings. The summed E-state index contributed by atoms with van der Waals surface area (Å²) >= 11 is 1.47. The zero-order valence-corrected chi connectivity index (χ0v) is 14.0. The second kappa shape index (κ2) is 6.41. The van der Waals surface area contributed by atoms with E-state index in [1.54, 1.807) is 18.2 Å². The first-order valence-electron chi connectivity index (χ1n) is 7.62. The third-order valence-corrected chi connectivity index (χ3v) is 4.70. The van der Waals surface area contributed by atoms with Crippen molar-refractivity contribution in [2.24, 2.45) is 0 Å². The summed E-state index contributed by atoms with van der Waals surface area (Å²) in [4.78, 5) is 27.1. The van der Waals surface area contributed by atoms with Crippen LogP contribution in [0.2, 0.25) is 0 Å². The van der Waals surface area contributed by atoms with E-state index >= 15 is 0 Å². The molecule has 26 heavy (non-hydrogen) atoms. The molecule has 2 aromatic heterocycles. The first kappa shape index (κ1) is 16.0. The van der Waals surface area contributed by atoms with Crippen molar-refractivity contribution in [2.45, 2.75) is 0 Å². The first-order chi connectivity index (χ1) is 12.6. The number of benzene rings is 2. The molecule has 0 unspecified atom stereocenters. The maximum Gasteiger partial charge on any atom is 0.291 e. The number of rotatable bonds is 4. The van der Waals surface area contributed by atoms with E-state index in [4.69, 9.17) is 4.42 Å². The van der Waals surface area contributed by atoms with Gasteiger partial charge in [0.15, 0.2) is 16.5 Å². The van der Waals surface area contributed by atoms with Crippen molar-refractivity contribution < 1.29 is 14.1 Å². The Kier molecular flexibility index (Phi) is 3.94. The molecule has 0 bridgehead atoms. The molecule has 4 rings (SSSR count). The topological polar surface area (TPSA) is 98.3 Å². The van der Waals surface area contributed by atoms with E-state index in [0.717, 1.165) is 10.2 Å². The number of carbonyl (C=O) groups excluding carboxylic acids is 1. The maximum absolute atomic E-state index is 12.3. The van der Waals surface area contributed by atoms with Crippen LogP contribution in [0.1, 0.15) is 10.6 Å². The Hall–Kier alpha value is -3.52. The Morgan fingerprint density at radius 3 is 2.77 bits per heavy atom. The molecule has 0 saturated carbocycles. The maximum atomic E-state index is 12.3. The van der Waals surface area contributed by atoms with Crippen molar-refractivity contribution >= 4 is 38.8 Å². The normalized spacial score (nSPS) is 10.8. The van der Waals surface area contributed by atoms with Gasteiger partial charge in [0.2, 0.25) is 0 Å². The number of nitrogens with one attached hydrogen (secondary N) is 1. The van der Waals surface area contributed by atoms with Crippen molar-refractivity contribution in [2.75, 3.05) is 5.32 Å². The smallest absolute Gasteiger partial charge is 0.291 e. The van der Waals surface area contributed by atoms with Crippen LogP contribution in [0.3, 0.4) is 0 Å². The summed E-state index contributed by atoms with van der Waals surface area (Å²) in [6.07, 6.45) is 0. The van der Waals surface area contributed by atoms with Gasteiger partial charge in [0.1, 0.15) is 0 Å². The number of nitro benzene ring substituents is 1. The molecule has 4 aromatic rings. The lowest BCUT2D eigenvalue weighted by Gasteiger charge is -2.02. The Labute approximate surface area is 151 Å². The van der Waals surface area contributed by atoms with E-state index in [2.05, 4.69) is 10.3 Å². The quantitative estimate of drug-likeness (QED) is 0.417. The van der Waals surface area contributed by atoms with E-state index in [1.807, 2.05) is 24.3 Å². The lowest BCUT2D eigenvalue weighted by atomic mass is 10.2. The molecule has 2 aromatic carbocycles. The van der Waals surface area contributed by atoms with Gasteiger partial charge in [-0.15, -0.1) is 11.3 Å². The first-order valence-corrected chi connectivity index (χ1v) is 8.43. The van der Waals surface area contributed by atoms with E-state index < -0.39 is 10.8 Å². The molecule has 0 atom stereocenters. The van der Waals surface area contributed by atoms with Gasteiger partial charge in [-0.2, -0.15) is 0 Å². The molecule has 0 aliphatic carbocycles. The van der Waals surface area contributed by atoms with Crippen molar-refractivity contribution in [1.82, 2.24) is 4.98 Å². The molecule has 0 spiro atoms. The van der Waals surface area contributed by atoms with E-state index in [9.17, 15) is 14.9 Å². The van der Waals surface area contributed by atoms with Crippen LogP contribution >= 0.6 is 11.3 Å². The van der Waals surface area contributed by atoms with E-state index in [1.165, 1.54) is 29.5 Å². The average molecular weight is 365 g/mol. The average Bonchev–Trinajstić information content (AvgIpc) is 3.28. The van der Waals surface area contributed by atoms with Crippen LogP contribution in [0.15, 0.2) is 65.1 Å². The number of hydrogen-bond acceptors (Lipinski definition) is 6. The molecular formula is C18H11N3O4S. The number of amides is 1. The molecule has 8 heteroatoms. The van der Waals surface area contributed by atoms with Crippen LogP contribution in [0, 0.1) is 10.1 Å². The van der Waals surface area contributed by atoms with Gasteiger partial charge in [0.05, 0.1) is 15.1 Å². The Morgan fingerprint density at radius 2 is 1.96 bits per heavy atom. The molecular weight excluding hydrogens is 354 g/mol. The zero-order chi connectivity index (χ0) is 18.1. The fourth-order valence-corrected chi connectivity index (χ4v) is 3.37. The van der Waals surface area contributed by atoms with Gasteiger partial charge in [-0.25, -0.2) is 4.98 Å². The number of nitro groups is 1. The Morgan fingerprint density at radius 1 is 1.12 bits per heavy atom. The molecule has 1 amide bonds. The summed E-state index contributed by atoms with van der Waals surface area (Å²) < 4.78 is 6.64. The number of non-ortho nitro benzene ring substituents is 1. The highest BCUT2D eigenvalue weighted by atomic mass is 32.1. The van der Waals surface area contributed by atoms with Gasteiger partial charge >= 0.3 is 0 Å². The predicted molar refractivity (Wildman–Crippen MR) is 98.4 cm³/mol. The van der Waals surface area contributed by atoms with Crippen LogP contribution in [-0.2, 0) is 0 Å². The van der Waals surface area contributed by atoms with Gasteiger partial charge in [0.25, 0.3) is 11.6 Å². The number of aromatic nitrogens is 1. The van der Waals surface area contributed by atoms with Gasteiger partial charge in [-0.3, -0.25) is 14.9 Å². The minimum absolute atomic E-state index is 0.0996. The number of fused-ring (bicyclic) bond motifs is 1. The Balaban J connectivity index is 1.56. The molecule has 128 valence electrons. The largest absolute Gasteiger partial charge is 0.448 e. The number of carbonyl (C=O) groups is 1. The predicted octanol–water partition coefficient (Wildman–Crippen LogP) is 4.72. The summed E-state index contributed by atoms with van der Waals surface area (Å²) in [5, 5.41) is 14.1. The summed E-state index contributed by atoms with van der Waals surface area (Å²) in [5.41, 5.74) is 1.09. The van der Waals surface area contributed by atoms with Crippen molar-refractivity contribution in [1.29, 1.82) is 0 Å². The van der Waals surface area contributed by atoms with E-state index in [0.29, 0.717) is 16.5 Å². The molecule has 7 nitrogen and oxygen atoms in total. The summed E-state index contributed by atoms with van der Waals surface area (Å²) in [6, 6.07) is 16.7. The van der Waals surface area contributed by atoms with Crippen LogP contribution in [0.4, 0.5) is 11.4 Å². The van der Waals surface area contributed by atoms with Crippen LogP contribution < -0.4 is 5.32 Å². The summed E-state index contributed by atoms with van der Waals surface area (Å²) in [5.74, 6) is 0.110. The fourth-order valence-electron chi connectivity index (χ4n) is 2.44. The van der Waals surface area contributed by atoms with Gasteiger partial charge in [-0.05, 0) is 30.3 Å². The van der Waals surface area contributed by atoms with E-state index in [-0.39, 0.29) is 11.4 Å². The molecule has 0 aliphatic heterocycles. The highest BCUT2D eigenvalue weighted by molar-refractivity contribution is 7.21. The number of furan rings is 1. The minimum Gasteiger partial charge on any atom is -0.448 e. The lowest BCUT2D eigenvalue weighted by molar-refractivity contribution is -0.384. The molecule has 0 saturated heterocycles. The fraction of sp³-hybridized carbons (Fsp3) is 0. The Bertz CT molecular complexity index is 1100. The SMILES string of the molecule is O=C(Nc1cccc([N+](=O)[O-])c1)c1ccc(-c2nc3ccccc3s2)o1. The minimum atomic E-state index is -0.520. The van der Waals surface area contributed by atoms with Gasteiger partial charge in [-0.1, -0.05) is 18.2 Å². The molecule has 1 N–H and O–H groups in total. The highest BCUT2D eigenvalue weighted by Gasteiger charge is 2.16. The van der Waals surface area contributed by atoms with Crippen molar-refractivity contribution in [3.05, 3.63) is 76.5 Å². The molecule has 2 heterocycles. The third kappa shape index (κ3) is 3.05. The number of anilines is 1. The zero-order valence-electron chi connectivity index (χ0n) is 13.2. The number of hydrogen-bond donors (Lipinski definition) is 1. The summed E-state index contributed by atoms with van der Waals surface area (Å²) in [7, 11) is 0. The monoisotopic (exact) mass is 365 g/mol. The summed E-state index contributed by atoms with van der Waals surface area (Å²) in [6.45, 7) is 0. The second-order valence-corrected chi connectivity index (χ2v) is 6.44. The molecule has 0 aliphatic rings. The standard InChI is InChI=1S/C18H11N3O4S/c22-17(19-11-4-3-5-12(10-11)21(23)24)14-8-9-15(25-14)18-20-13-6-1-2-7-16(13)26-18/h1-10H,(H,19,22).